The SMILES string of the molecule is Cc1[nH]ccc1CNC1CC1. The summed E-state index contributed by atoms with van der Waals surface area (Å²) in [7, 11) is 0. The quantitative estimate of drug-likeness (QED) is 0.672. The summed E-state index contributed by atoms with van der Waals surface area (Å²) in [6.07, 6.45) is 4.73. The molecule has 0 amide bonds. The average Bonchev–Trinajstić information content (AvgIpc) is 2.73. The minimum atomic E-state index is 0.810. The lowest BCUT2D eigenvalue weighted by Crippen LogP contribution is -2.15. The number of aromatic amines is 1. The zero-order chi connectivity index (χ0) is 7.68. The Labute approximate surface area is 67.0 Å². The molecule has 1 saturated carbocycles. The molecule has 2 N–H and O–H groups in total. The number of hydrogen-bond acceptors (Lipinski definition) is 1. The van der Waals surface area contributed by atoms with E-state index in [0.717, 1.165) is 12.6 Å². The van der Waals surface area contributed by atoms with Gasteiger partial charge in [-0.25, -0.2) is 0 Å². The molecule has 0 unspecified atom stereocenters. The number of aromatic nitrogens is 1. The predicted octanol–water partition coefficient (Wildman–Crippen LogP) is 1.58. The van der Waals surface area contributed by atoms with Gasteiger partial charge in [-0.3, -0.25) is 0 Å². The van der Waals surface area contributed by atoms with E-state index in [9.17, 15) is 0 Å². The van der Waals surface area contributed by atoms with E-state index in [1.807, 2.05) is 6.20 Å². The molecular weight excluding hydrogens is 136 g/mol. The molecule has 60 valence electrons. The van der Waals surface area contributed by atoms with Gasteiger partial charge in [-0.15, -0.1) is 0 Å². The molecule has 2 rings (SSSR count). The maximum absolute atomic E-state index is 3.48. The van der Waals surface area contributed by atoms with Crippen molar-refractivity contribution in [2.45, 2.75) is 32.4 Å². The first-order chi connectivity index (χ1) is 5.36. The zero-order valence-electron chi connectivity index (χ0n) is 6.85. The maximum Gasteiger partial charge on any atom is 0.0225 e. The van der Waals surface area contributed by atoms with Crippen molar-refractivity contribution in [1.29, 1.82) is 0 Å². The first-order valence-corrected chi connectivity index (χ1v) is 4.22. The van der Waals surface area contributed by atoms with E-state index >= 15 is 0 Å². The molecule has 1 heterocycles. The van der Waals surface area contributed by atoms with Crippen LogP contribution in [0.2, 0.25) is 0 Å². The van der Waals surface area contributed by atoms with Gasteiger partial charge >= 0.3 is 0 Å². The van der Waals surface area contributed by atoms with E-state index in [1.54, 1.807) is 0 Å². The molecule has 0 aromatic carbocycles. The predicted molar refractivity (Wildman–Crippen MR) is 45.4 cm³/mol. The molecular formula is C9H14N2. The van der Waals surface area contributed by atoms with Crippen molar-refractivity contribution < 1.29 is 0 Å². The maximum atomic E-state index is 3.48. The van der Waals surface area contributed by atoms with Crippen molar-refractivity contribution >= 4 is 0 Å². The average molecular weight is 150 g/mol. The van der Waals surface area contributed by atoms with Crippen LogP contribution in [0.3, 0.4) is 0 Å². The van der Waals surface area contributed by atoms with Gasteiger partial charge in [-0.2, -0.15) is 0 Å². The monoisotopic (exact) mass is 150 g/mol. The molecule has 1 aliphatic carbocycles. The Kier molecular flexibility index (Phi) is 1.70. The van der Waals surface area contributed by atoms with E-state index in [1.165, 1.54) is 24.1 Å². The molecule has 1 aromatic rings. The number of rotatable bonds is 3. The fourth-order valence-corrected chi connectivity index (χ4v) is 1.22. The lowest BCUT2D eigenvalue weighted by molar-refractivity contribution is 0.685. The molecule has 0 bridgehead atoms. The Morgan fingerprint density at radius 3 is 3.00 bits per heavy atom. The number of H-pyrrole nitrogens is 1. The van der Waals surface area contributed by atoms with Gasteiger partial charge in [-0.1, -0.05) is 0 Å². The third-order valence-corrected chi connectivity index (χ3v) is 2.22. The highest BCUT2D eigenvalue weighted by molar-refractivity contribution is 5.18. The van der Waals surface area contributed by atoms with Crippen molar-refractivity contribution in [2.24, 2.45) is 0 Å². The smallest absolute Gasteiger partial charge is 0.0225 e. The molecule has 2 heteroatoms. The summed E-state index contributed by atoms with van der Waals surface area (Å²) in [5.41, 5.74) is 2.69. The molecule has 11 heavy (non-hydrogen) atoms. The van der Waals surface area contributed by atoms with Crippen molar-refractivity contribution in [3.63, 3.8) is 0 Å². The largest absolute Gasteiger partial charge is 0.365 e. The first kappa shape index (κ1) is 6.92. The van der Waals surface area contributed by atoms with Crippen LogP contribution < -0.4 is 5.32 Å². The van der Waals surface area contributed by atoms with Crippen molar-refractivity contribution in [1.82, 2.24) is 10.3 Å². The second-order valence-electron chi connectivity index (χ2n) is 3.28. The highest BCUT2D eigenvalue weighted by atomic mass is 14.9. The van der Waals surface area contributed by atoms with Crippen LogP contribution >= 0.6 is 0 Å². The van der Waals surface area contributed by atoms with E-state index in [2.05, 4.69) is 23.3 Å². The highest BCUT2D eigenvalue weighted by Gasteiger charge is 2.20. The zero-order valence-corrected chi connectivity index (χ0v) is 6.85. The van der Waals surface area contributed by atoms with E-state index in [4.69, 9.17) is 0 Å². The lowest BCUT2D eigenvalue weighted by atomic mass is 10.2. The van der Waals surface area contributed by atoms with Gasteiger partial charge in [-0.05, 0) is 31.4 Å². The molecule has 0 aliphatic heterocycles. The molecule has 0 spiro atoms. The second-order valence-corrected chi connectivity index (χ2v) is 3.28. The fraction of sp³-hybridized carbons (Fsp3) is 0.556. The van der Waals surface area contributed by atoms with Gasteiger partial charge in [0.05, 0.1) is 0 Å². The Bertz CT molecular complexity index is 235. The third kappa shape index (κ3) is 1.63. The third-order valence-electron chi connectivity index (χ3n) is 2.22. The van der Waals surface area contributed by atoms with Crippen LogP contribution in [-0.2, 0) is 6.54 Å². The number of hydrogen-bond donors (Lipinski definition) is 2. The van der Waals surface area contributed by atoms with Crippen LogP contribution in [0.5, 0.6) is 0 Å². The Morgan fingerprint density at radius 2 is 2.45 bits per heavy atom. The minimum absolute atomic E-state index is 0.810. The Morgan fingerprint density at radius 1 is 1.64 bits per heavy atom. The number of aryl methyl sites for hydroxylation is 1. The van der Waals surface area contributed by atoms with Crippen LogP contribution in [0.4, 0.5) is 0 Å². The van der Waals surface area contributed by atoms with Crippen LogP contribution in [0, 0.1) is 6.92 Å². The summed E-state index contributed by atoms with van der Waals surface area (Å²) in [4.78, 5) is 3.17. The summed E-state index contributed by atoms with van der Waals surface area (Å²) >= 11 is 0. The topological polar surface area (TPSA) is 27.8 Å². The summed E-state index contributed by atoms with van der Waals surface area (Å²) in [6.45, 7) is 3.14. The standard InChI is InChI=1S/C9H14N2/c1-7-8(4-5-10-7)6-11-9-2-3-9/h4-5,9-11H,2-3,6H2,1H3. The van der Waals surface area contributed by atoms with Crippen molar-refractivity contribution in [2.75, 3.05) is 0 Å². The molecule has 0 radical (unpaired) electrons. The molecule has 0 saturated heterocycles. The van der Waals surface area contributed by atoms with E-state index < -0.39 is 0 Å². The van der Waals surface area contributed by atoms with E-state index in [0.29, 0.717) is 0 Å². The first-order valence-electron chi connectivity index (χ1n) is 4.22. The molecule has 1 fully saturated rings. The van der Waals surface area contributed by atoms with Crippen molar-refractivity contribution in [3.05, 3.63) is 23.5 Å². The summed E-state index contributed by atoms with van der Waals surface area (Å²) < 4.78 is 0. The summed E-state index contributed by atoms with van der Waals surface area (Å²) in [5, 5.41) is 3.48. The Balaban J connectivity index is 1.89. The minimum Gasteiger partial charge on any atom is -0.365 e. The second kappa shape index (κ2) is 2.70. The van der Waals surface area contributed by atoms with Crippen molar-refractivity contribution in [3.8, 4) is 0 Å². The molecule has 1 aromatic heterocycles. The lowest BCUT2D eigenvalue weighted by Gasteiger charge is -2.00. The van der Waals surface area contributed by atoms with Crippen LogP contribution in [0.15, 0.2) is 12.3 Å². The van der Waals surface area contributed by atoms with Gasteiger partial charge in [0.2, 0.25) is 0 Å². The normalized spacial score (nSPS) is 17.2. The van der Waals surface area contributed by atoms with Crippen LogP contribution in [-0.4, -0.2) is 11.0 Å². The summed E-state index contributed by atoms with van der Waals surface area (Å²) in [5.74, 6) is 0. The van der Waals surface area contributed by atoms with E-state index in [-0.39, 0.29) is 0 Å². The van der Waals surface area contributed by atoms with Gasteiger partial charge < -0.3 is 10.3 Å². The molecule has 0 atom stereocenters. The molecule has 2 nitrogen and oxygen atoms in total. The van der Waals surface area contributed by atoms with Gasteiger partial charge in [0.25, 0.3) is 0 Å². The fourth-order valence-electron chi connectivity index (χ4n) is 1.22. The highest BCUT2D eigenvalue weighted by Crippen LogP contribution is 2.19. The Hall–Kier alpha value is -0.760. The number of nitrogens with one attached hydrogen (secondary N) is 2. The summed E-state index contributed by atoms with van der Waals surface area (Å²) in [6, 6.07) is 2.95. The van der Waals surface area contributed by atoms with Crippen LogP contribution in [0.1, 0.15) is 24.1 Å². The van der Waals surface area contributed by atoms with Gasteiger partial charge in [0.1, 0.15) is 0 Å². The van der Waals surface area contributed by atoms with Crippen LogP contribution in [0.25, 0.3) is 0 Å². The van der Waals surface area contributed by atoms with Gasteiger partial charge in [0.15, 0.2) is 0 Å². The molecule has 1 aliphatic rings. The van der Waals surface area contributed by atoms with Gasteiger partial charge in [0, 0.05) is 24.5 Å².